The lowest BCUT2D eigenvalue weighted by Crippen LogP contribution is -2.44. The molecular formula is C20H22BrN3O2. The van der Waals surface area contributed by atoms with Crippen LogP contribution in [0.3, 0.4) is 0 Å². The Kier molecular flexibility index (Phi) is 4.49. The highest BCUT2D eigenvalue weighted by Gasteiger charge is 2.46. The third-order valence-corrected chi connectivity index (χ3v) is 6.35. The van der Waals surface area contributed by atoms with E-state index in [1.807, 2.05) is 12.1 Å². The fourth-order valence-electron chi connectivity index (χ4n) is 4.43. The number of esters is 1. The molecule has 1 aliphatic heterocycles. The number of anilines is 1. The monoisotopic (exact) mass is 415 g/mol. The van der Waals surface area contributed by atoms with Crippen molar-refractivity contribution in [2.24, 2.45) is 11.1 Å². The Morgan fingerprint density at radius 3 is 2.69 bits per heavy atom. The third kappa shape index (κ3) is 2.81. The quantitative estimate of drug-likeness (QED) is 0.600. The summed E-state index contributed by atoms with van der Waals surface area (Å²) >= 11 is 3.34. The Hall–Kier alpha value is -1.92. The zero-order valence-corrected chi connectivity index (χ0v) is 16.3. The van der Waals surface area contributed by atoms with Crippen LogP contribution < -0.4 is 10.6 Å². The van der Waals surface area contributed by atoms with Crippen LogP contribution in [0, 0.1) is 5.41 Å². The molecular weight excluding hydrogens is 394 g/mol. The lowest BCUT2D eigenvalue weighted by molar-refractivity contribution is 0.0594. The molecule has 1 aromatic heterocycles. The summed E-state index contributed by atoms with van der Waals surface area (Å²) in [7, 11) is 1.38. The highest BCUT2D eigenvalue weighted by molar-refractivity contribution is 9.10. The van der Waals surface area contributed by atoms with Crippen LogP contribution in [-0.4, -0.2) is 31.2 Å². The lowest BCUT2D eigenvalue weighted by atomic mass is 9.73. The van der Waals surface area contributed by atoms with Gasteiger partial charge in [0.2, 0.25) is 0 Å². The summed E-state index contributed by atoms with van der Waals surface area (Å²) < 4.78 is 5.53. The number of benzene rings is 1. The van der Waals surface area contributed by atoms with Crippen molar-refractivity contribution in [3.05, 3.63) is 57.8 Å². The number of rotatable bonds is 2. The maximum absolute atomic E-state index is 12.1. The van der Waals surface area contributed by atoms with Crippen molar-refractivity contribution in [2.45, 2.75) is 25.3 Å². The van der Waals surface area contributed by atoms with Crippen LogP contribution in [0.1, 0.15) is 40.5 Å². The molecule has 0 unspecified atom stereocenters. The van der Waals surface area contributed by atoms with Crippen LogP contribution in [-0.2, 0) is 11.2 Å². The molecule has 2 aliphatic rings. The number of pyridine rings is 1. The molecule has 1 atom stereocenters. The van der Waals surface area contributed by atoms with E-state index >= 15 is 0 Å². The number of piperidine rings is 1. The third-order valence-electron chi connectivity index (χ3n) is 5.91. The summed E-state index contributed by atoms with van der Waals surface area (Å²) in [5, 5.41) is 0. The molecule has 0 bridgehead atoms. The van der Waals surface area contributed by atoms with E-state index in [2.05, 4.69) is 50.1 Å². The molecule has 26 heavy (non-hydrogen) atoms. The van der Waals surface area contributed by atoms with Gasteiger partial charge < -0.3 is 15.4 Å². The Morgan fingerprint density at radius 1 is 1.27 bits per heavy atom. The second-order valence-corrected chi connectivity index (χ2v) is 8.01. The number of aromatic nitrogens is 1. The molecule has 0 saturated carbocycles. The van der Waals surface area contributed by atoms with Crippen molar-refractivity contribution >= 4 is 27.6 Å². The number of carbonyl (C=O) groups is 1. The number of carbonyl (C=O) groups excluding carboxylic acids is 1. The van der Waals surface area contributed by atoms with Gasteiger partial charge in [-0.05, 0) is 63.9 Å². The van der Waals surface area contributed by atoms with Gasteiger partial charge >= 0.3 is 5.97 Å². The van der Waals surface area contributed by atoms with Gasteiger partial charge in [0.1, 0.15) is 4.60 Å². The Labute approximate surface area is 161 Å². The molecule has 6 heteroatoms. The maximum Gasteiger partial charge on any atom is 0.358 e. The molecule has 1 spiro atoms. The summed E-state index contributed by atoms with van der Waals surface area (Å²) in [6.45, 7) is 1.71. The maximum atomic E-state index is 12.1. The predicted octanol–water partition coefficient (Wildman–Crippen LogP) is 3.47. The first-order chi connectivity index (χ1) is 12.5. The standard InChI is InChI=1S/C20H22BrN3O2/c1-26-19(25)17-15(6-7-16(21)23-17)24-10-8-20(9-11-24)12-13-4-2-3-5-14(13)18(20)22/h2-7,18H,8-12,22H2,1H3/t18-/m1/s1. The van der Waals surface area contributed by atoms with Gasteiger partial charge in [-0.2, -0.15) is 0 Å². The molecule has 2 N–H and O–H groups in total. The fourth-order valence-corrected chi connectivity index (χ4v) is 4.74. The molecule has 1 saturated heterocycles. The van der Waals surface area contributed by atoms with Crippen molar-refractivity contribution < 1.29 is 9.53 Å². The molecule has 5 nitrogen and oxygen atoms in total. The molecule has 2 aromatic rings. The van der Waals surface area contributed by atoms with Crippen molar-refractivity contribution in [3.8, 4) is 0 Å². The molecule has 4 rings (SSSR count). The predicted molar refractivity (Wildman–Crippen MR) is 104 cm³/mol. The van der Waals surface area contributed by atoms with Gasteiger partial charge in [-0.3, -0.25) is 0 Å². The van der Waals surface area contributed by atoms with Crippen molar-refractivity contribution in [1.29, 1.82) is 0 Å². The fraction of sp³-hybridized carbons (Fsp3) is 0.400. The molecule has 2 heterocycles. The van der Waals surface area contributed by atoms with Gasteiger partial charge in [-0.1, -0.05) is 24.3 Å². The molecule has 136 valence electrons. The van der Waals surface area contributed by atoms with Gasteiger partial charge in [0.25, 0.3) is 0 Å². The smallest absolute Gasteiger partial charge is 0.358 e. The number of ether oxygens (including phenoxy) is 1. The van der Waals surface area contributed by atoms with E-state index in [0.29, 0.717) is 10.3 Å². The van der Waals surface area contributed by atoms with Crippen LogP contribution in [0.4, 0.5) is 5.69 Å². The number of hydrogen-bond donors (Lipinski definition) is 1. The summed E-state index contributed by atoms with van der Waals surface area (Å²) in [4.78, 5) is 18.7. The van der Waals surface area contributed by atoms with E-state index in [4.69, 9.17) is 10.5 Å². The van der Waals surface area contributed by atoms with Crippen molar-refractivity contribution in [3.63, 3.8) is 0 Å². The highest BCUT2D eigenvalue weighted by Crippen LogP contribution is 2.51. The van der Waals surface area contributed by atoms with Crippen LogP contribution in [0.2, 0.25) is 0 Å². The Bertz CT molecular complexity index is 847. The van der Waals surface area contributed by atoms with E-state index < -0.39 is 5.97 Å². The molecule has 0 radical (unpaired) electrons. The number of halogens is 1. The number of fused-ring (bicyclic) bond motifs is 1. The van der Waals surface area contributed by atoms with Crippen molar-refractivity contribution in [2.75, 3.05) is 25.1 Å². The number of nitrogens with zero attached hydrogens (tertiary/aromatic N) is 2. The first-order valence-corrected chi connectivity index (χ1v) is 9.66. The molecule has 1 aliphatic carbocycles. The summed E-state index contributed by atoms with van der Waals surface area (Å²) in [5.41, 5.74) is 10.6. The zero-order valence-electron chi connectivity index (χ0n) is 14.7. The first kappa shape index (κ1) is 17.5. The average molecular weight is 416 g/mol. The minimum absolute atomic E-state index is 0.0870. The molecule has 1 fully saturated rings. The summed E-state index contributed by atoms with van der Waals surface area (Å²) in [5.74, 6) is -0.411. The number of nitrogens with two attached hydrogens (primary N) is 1. The van der Waals surface area contributed by atoms with Crippen molar-refractivity contribution in [1.82, 2.24) is 4.98 Å². The van der Waals surface area contributed by atoms with E-state index in [0.717, 1.165) is 38.0 Å². The molecule has 1 aromatic carbocycles. The second-order valence-electron chi connectivity index (χ2n) is 7.20. The second kappa shape index (κ2) is 6.67. The van der Waals surface area contributed by atoms with Gasteiger partial charge in [0.05, 0.1) is 12.8 Å². The number of hydrogen-bond acceptors (Lipinski definition) is 5. The Morgan fingerprint density at radius 2 is 2.00 bits per heavy atom. The normalized spacial score (nSPS) is 20.9. The minimum atomic E-state index is -0.411. The minimum Gasteiger partial charge on any atom is -0.464 e. The van der Waals surface area contributed by atoms with Crippen LogP contribution >= 0.6 is 15.9 Å². The van der Waals surface area contributed by atoms with E-state index in [-0.39, 0.29) is 11.5 Å². The topological polar surface area (TPSA) is 68.5 Å². The largest absolute Gasteiger partial charge is 0.464 e. The van der Waals surface area contributed by atoms with E-state index in [9.17, 15) is 4.79 Å². The summed E-state index contributed by atoms with van der Waals surface area (Å²) in [6.07, 6.45) is 3.04. The highest BCUT2D eigenvalue weighted by atomic mass is 79.9. The molecule has 0 amide bonds. The van der Waals surface area contributed by atoms with Crippen LogP contribution in [0.15, 0.2) is 41.0 Å². The van der Waals surface area contributed by atoms with Gasteiger partial charge in [0, 0.05) is 19.1 Å². The van der Waals surface area contributed by atoms with E-state index in [1.54, 1.807) is 0 Å². The van der Waals surface area contributed by atoms with Gasteiger partial charge in [-0.25, -0.2) is 9.78 Å². The number of methoxy groups -OCH3 is 1. The van der Waals surface area contributed by atoms with Crippen LogP contribution in [0.5, 0.6) is 0 Å². The lowest BCUT2D eigenvalue weighted by Gasteiger charge is -2.43. The SMILES string of the molecule is COC(=O)c1nc(Br)ccc1N1CCC2(CC1)Cc1ccccc1[C@H]2N. The van der Waals surface area contributed by atoms with Crippen LogP contribution in [0.25, 0.3) is 0 Å². The average Bonchev–Trinajstić information content (AvgIpc) is 2.94. The van der Waals surface area contributed by atoms with Gasteiger partial charge in [0.15, 0.2) is 5.69 Å². The zero-order chi connectivity index (χ0) is 18.3. The van der Waals surface area contributed by atoms with E-state index in [1.165, 1.54) is 18.2 Å². The Balaban J connectivity index is 1.56. The summed E-state index contributed by atoms with van der Waals surface area (Å²) in [6, 6.07) is 12.4. The van der Waals surface area contributed by atoms with Gasteiger partial charge in [-0.15, -0.1) is 0 Å². The first-order valence-electron chi connectivity index (χ1n) is 8.87.